The van der Waals surface area contributed by atoms with E-state index in [0.717, 1.165) is 5.57 Å². The van der Waals surface area contributed by atoms with E-state index in [1.807, 2.05) is 6.92 Å². The van der Waals surface area contributed by atoms with Gasteiger partial charge in [-0.05, 0) is 13.3 Å². The molecule has 0 rings (SSSR count). The molecule has 4 heteroatoms. The first kappa shape index (κ1) is 10.4. The molecule has 1 atom stereocenters. The van der Waals surface area contributed by atoms with Gasteiger partial charge in [0.2, 0.25) is 0 Å². The van der Waals surface area contributed by atoms with Crippen molar-refractivity contribution in [3.8, 4) is 0 Å². The standard InChI is InChI=1S/C7H12O3S/c1-6(2)3-4-11(10)5-7(8)9/h1,3-5H2,2H3,(H,8,9). The van der Waals surface area contributed by atoms with Gasteiger partial charge in [-0.3, -0.25) is 9.00 Å². The van der Waals surface area contributed by atoms with E-state index in [-0.39, 0.29) is 5.75 Å². The maximum atomic E-state index is 10.8. The summed E-state index contributed by atoms with van der Waals surface area (Å²) in [7, 11) is -1.23. The lowest BCUT2D eigenvalue weighted by Crippen LogP contribution is -2.11. The third kappa shape index (κ3) is 7.25. The highest BCUT2D eigenvalue weighted by Crippen LogP contribution is 1.97. The molecule has 11 heavy (non-hydrogen) atoms. The molecule has 0 saturated heterocycles. The van der Waals surface area contributed by atoms with Crippen LogP contribution in [0.1, 0.15) is 13.3 Å². The van der Waals surface area contributed by atoms with Crippen LogP contribution in [0.3, 0.4) is 0 Å². The highest BCUT2D eigenvalue weighted by Gasteiger charge is 2.04. The lowest BCUT2D eigenvalue weighted by molar-refractivity contribution is -0.133. The molecule has 3 nitrogen and oxygen atoms in total. The fourth-order valence-electron chi connectivity index (χ4n) is 0.498. The molecule has 0 spiro atoms. The van der Waals surface area contributed by atoms with Gasteiger partial charge in [0.1, 0.15) is 5.75 Å². The third-order valence-electron chi connectivity index (χ3n) is 1.04. The monoisotopic (exact) mass is 176 g/mol. The fourth-order valence-corrected chi connectivity index (χ4v) is 1.49. The predicted molar refractivity (Wildman–Crippen MR) is 44.9 cm³/mol. The van der Waals surface area contributed by atoms with Gasteiger partial charge in [0.25, 0.3) is 0 Å². The quantitative estimate of drug-likeness (QED) is 0.630. The van der Waals surface area contributed by atoms with Crippen LogP contribution in [0, 0.1) is 0 Å². The van der Waals surface area contributed by atoms with Crippen LogP contribution < -0.4 is 0 Å². The highest BCUT2D eigenvalue weighted by atomic mass is 32.2. The van der Waals surface area contributed by atoms with E-state index >= 15 is 0 Å². The third-order valence-corrected chi connectivity index (χ3v) is 2.27. The van der Waals surface area contributed by atoms with Crippen molar-refractivity contribution in [2.24, 2.45) is 0 Å². The summed E-state index contributed by atoms with van der Waals surface area (Å²) in [5.74, 6) is -0.861. The molecule has 1 N–H and O–H groups in total. The summed E-state index contributed by atoms with van der Waals surface area (Å²) in [4.78, 5) is 10.0. The Labute approximate surface area is 68.6 Å². The minimum absolute atomic E-state index is 0.257. The summed E-state index contributed by atoms with van der Waals surface area (Å²) in [6.07, 6.45) is 0.639. The lowest BCUT2D eigenvalue weighted by atomic mass is 10.3. The Kier molecular flexibility index (Phi) is 4.77. The highest BCUT2D eigenvalue weighted by molar-refractivity contribution is 7.85. The smallest absolute Gasteiger partial charge is 0.316 e. The average Bonchev–Trinajstić information content (AvgIpc) is 1.82. The molecule has 0 heterocycles. The minimum Gasteiger partial charge on any atom is -0.481 e. The Morgan fingerprint density at radius 2 is 2.18 bits per heavy atom. The van der Waals surface area contributed by atoms with Crippen LogP contribution in [0.4, 0.5) is 0 Å². The maximum Gasteiger partial charge on any atom is 0.316 e. The summed E-state index contributed by atoms with van der Waals surface area (Å²) in [5, 5.41) is 8.23. The Morgan fingerprint density at radius 3 is 2.55 bits per heavy atom. The Morgan fingerprint density at radius 1 is 1.64 bits per heavy atom. The molecular formula is C7H12O3S. The molecule has 0 aliphatic carbocycles. The van der Waals surface area contributed by atoms with E-state index in [0.29, 0.717) is 12.2 Å². The van der Waals surface area contributed by atoms with E-state index in [2.05, 4.69) is 6.58 Å². The van der Waals surface area contributed by atoms with Crippen molar-refractivity contribution in [2.45, 2.75) is 13.3 Å². The molecule has 0 radical (unpaired) electrons. The zero-order valence-corrected chi connectivity index (χ0v) is 7.32. The van der Waals surface area contributed by atoms with Crippen LogP contribution in [0.5, 0.6) is 0 Å². The van der Waals surface area contributed by atoms with E-state index in [4.69, 9.17) is 5.11 Å². The van der Waals surface area contributed by atoms with Gasteiger partial charge in [-0.15, -0.1) is 6.58 Å². The molecule has 1 unspecified atom stereocenters. The molecule has 0 saturated carbocycles. The number of aliphatic carboxylic acids is 1. The summed E-state index contributed by atoms with van der Waals surface area (Å²) < 4.78 is 10.8. The van der Waals surface area contributed by atoms with Gasteiger partial charge in [-0.1, -0.05) is 5.57 Å². The van der Waals surface area contributed by atoms with E-state index < -0.39 is 16.8 Å². The first-order valence-corrected chi connectivity index (χ1v) is 4.72. The largest absolute Gasteiger partial charge is 0.481 e. The van der Waals surface area contributed by atoms with E-state index in [1.54, 1.807) is 0 Å². The molecule has 0 fully saturated rings. The fraction of sp³-hybridized carbons (Fsp3) is 0.571. The van der Waals surface area contributed by atoms with Crippen molar-refractivity contribution in [1.82, 2.24) is 0 Å². The maximum absolute atomic E-state index is 10.8. The number of carboxylic acids is 1. The van der Waals surface area contributed by atoms with Crippen molar-refractivity contribution < 1.29 is 14.1 Å². The lowest BCUT2D eigenvalue weighted by Gasteiger charge is -1.97. The molecule has 0 aromatic carbocycles. The molecule has 0 aromatic rings. The number of hydrogen-bond acceptors (Lipinski definition) is 2. The molecule has 0 aliphatic rings. The van der Waals surface area contributed by atoms with Gasteiger partial charge in [0, 0.05) is 16.6 Å². The molecule has 64 valence electrons. The van der Waals surface area contributed by atoms with Crippen molar-refractivity contribution in [3.63, 3.8) is 0 Å². The topological polar surface area (TPSA) is 54.4 Å². The van der Waals surface area contributed by atoms with Crippen molar-refractivity contribution in [3.05, 3.63) is 12.2 Å². The Hall–Kier alpha value is -0.640. The first-order chi connectivity index (χ1) is 5.02. The second-order valence-corrected chi connectivity index (χ2v) is 3.97. The second-order valence-electron chi connectivity index (χ2n) is 2.39. The van der Waals surface area contributed by atoms with E-state index in [9.17, 15) is 9.00 Å². The van der Waals surface area contributed by atoms with Crippen LogP contribution in [0.2, 0.25) is 0 Å². The first-order valence-electron chi connectivity index (χ1n) is 3.23. The van der Waals surface area contributed by atoms with E-state index in [1.165, 1.54) is 0 Å². The zero-order valence-electron chi connectivity index (χ0n) is 6.50. The van der Waals surface area contributed by atoms with Crippen molar-refractivity contribution >= 4 is 16.8 Å². The molecular weight excluding hydrogens is 164 g/mol. The predicted octanol–water partition coefficient (Wildman–Crippen LogP) is 0.786. The minimum atomic E-state index is -1.23. The number of rotatable bonds is 5. The van der Waals surface area contributed by atoms with Crippen molar-refractivity contribution in [1.29, 1.82) is 0 Å². The molecule has 0 aromatic heterocycles. The normalized spacial score (nSPS) is 12.5. The van der Waals surface area contributed by atoms with Crippen LogP contribution in [0.25, 0.3) is 0 Å². The molecule has 0 amide bonds. The summed E-state index contributed by atoms with van der Waals surface area (Å²) in [6.45, 7) is 5.46. The van der Waals surface area contributed by atoms with Gasteiger partial charge in [-0.2, -0.15) is 0 Å². The SMILES string of the molecule is C=C(C)CCS(=O)CC(=O)O. The summed E-state index contributed by atoms with van der Waals surface area (Å²) in [5.41, 5.74) is 0.934. The van der Waals surface area contributed by atoms with Gasteiger partial charge in [-0.25, -0.2) is 0 Å². The van der Waals surface area contributed by atoms with Crippen LogP contribution in [-0.2, 0) is 15.6 Å². The molecule has 0 aliphatic heterocycles. The zero-order chi connectivity index (χ0) is 8.85. The number of carboxylic acid groups (broad SMARTS) is 1. The summed E-state index contributed by atoms with van der Waals surface area (Å²) in [6, 6.07) is 0. The van der Waals surface area contributed by atoms with Gasteiger partial charge in [0.15, 0.2) is 0 Å². The number of carbonyl (C=O) groups is 1. The van der Waals surface area contributed by atoms with Gasteiger partial charge >= 0.3 is 5.97 Å². The Bertz CT molecular complexity index is 186. The van der Waals surface area contributed by atoms with Crippen LogP contribution in [-0.4, -0.2) is 26.8 Å². The van der Waals surface area contributed by atoms with Crippen molar-refractivity contribution in [2.75, 3.05) is 11.5 Å². The van der Waals surface area contributed by atoms with Gasteiger partial charge < -0.3 is 5.11 Å². The summed E-state index contributed by atoms with van der Waals surface area (Å²) >= 11 is 0. The number of hydrogen-bond donors (Lipinski definition) is 1. The van der Waals surface area contributed by atoms with Gasteiger partial charge in [0.05, 0.1) is 0 Å². The molecule has 0 bridgehead atoms. The van der Waals surface area contributed by atoms with Crippen LogP contribution in [0.15, 0.2) is 12.2 Å². The Balaban J connectivity index is 3.53. The second kappa shape index (κ2) is 5.07. The van der Waals surface area contributed by atoms with Crippen LogP contribution >= 0.6 is 0 Å². The number of allylic oxidation sites excluding steroid dienone is 1. The average molecular weight is 176 g/mol.